The lowest BCUT2D eigenvalue weighted by Gasteiger charge is -2.27. The lowest BCUT2D eigenvalue weighted by atomic mass is 9.74. The van der Waals surface area contributed by atoms with Crippen LogP contribution in [0.25, 0.3) is 0 Å². The minimum atomic E-state index is -0.254. The topological polar surface area (TPSA) is 17.1 Å². The van der Waals surface area contributed by atoms with Gasteiger partial charge in [0, 0.05) is 6.42 Å². The van der Waals surface area contributed by atoms with Gasteiger partial charge in [0.1, 0.15) is 5.78 Å². The molecule has 1 nitrogen and oxygen atoms in total. The maximum absolute atomic E-state index is 12.1. The van der Waals surface area contributed by atoms with Crippen molar-refractivity contribution in [3.63, 3.8) is 0 Å². The second kappa shape index (κ2) is 4.01. The van der Waals surface area contributed by atoms with E-state index >= 15 is 0 Å². The van der Waals surface area contributed by atoms with Crippen LogP contribution in [0.5, 0.6) is 0 Å². The zero-order valence-electron chi connectivity index (χ0n) is 9.07. The molecule has 0 heterocycles. The van der Waals surface area contributed by atoms with Crippen molar-refractivity contribution >= 4 is 5.78 Å². The summed E-state index contributed by atoms with van der Waals surface area (Å²) in [6.45, 7) is 1.95. The van der Waals surface area contributed by atoms with E-state index in [9.17, 15) is 4.79 Å². The van der Waals surface area contributed by atoms with E-state index in [0.717, 1.165) is 12.8 Å². The molecule has 1 heteroatoms. The zero-order chi connectivity index (χ0) is 10.7. The second-order valence-corrected chi connectivity index (χ2v) is 4.10. The first kappa shape index (κ1) is 10.2. The number of allylic oxidation sites excluding steroid dienone is 2. The molecule has 15 heavy (non-hydrogen) atoms. The van der Waals surface area contributed by atoms with Crippen molar-refractivity contribution in [3.05, 3.63) is 48.0 Å². The molecule has 78 valence electrons. The summed E-state index contributed by atoms with van der Waals surface area (Å²) >= 11 is 0. The second-order valence-electron chi connectivity index (χ2n) is 4.10. The van der Waals surface area contributed by atoms with Crippen molar-refractivity contribution in [2.24, 2.45) is 0 Å². The van der Waals surface area contributed by atoms with E-state index in [0.29, 0.717) is 12.2 Å². The minimum Gasteiger partial charge on any atom is -0.299 e. The molecule has 0 aromatic heterocycles. The standard InChI is InChI=1S/C14H16O/c1-2-13(15)14(10-6-7-11-14)12-8-4-3-5-9-12/h3-9H,2,10-11H2,1H3. The molecule has 0 amide bonds. The first-order valence-electron chi connectivity index (χ1n) is 5.53. The number of benzene rings is 1. The van der Waals surface area contributed by atoms with E-state index in [-0.39, 0.29) is 5.41 Å². The fourth-order valence-corrected chi connectivity index (χ4v) is 2.37. The quantitative estimate of drug-likeness (QED) is 0.684. The van der Waals surface area contributed by atoms with Gasteiger partial charge in [0.25, 0.3) is 0 Å². The summed E-state index contributed by atoms with van der Waals surface area (Å²) < 4.78 is 0. The van der Waals surface area contributed by atoms with Crippen LogP contribution in [0.3, 0.4) is 0 Å². The summed E-state index contributed by atoms with van der Waals surface area (Å²) in [7, 11) is 0. The highest BCUT2D eigenvalue weighted by Gasteiger charge is 2.38. The Hall–Kier alpha value is -1.37. The van der Waals surface area contributed by atoms with Crippen LogP contribution >= 0.6 is 0 Å². The first-order chi connectivity index (χ1) is 7.29. The smallest absolute Gasteiger partial charge is 0.143 e. The monoisotopic (exact) mass is 200 g/mol. The summed E-state index contributed by atoms with van der Waals surface area (Å²) in [5, 5.41) is 0. The van der Waals surface area contributed by atoms with Crippen LogP contribution in [0.2, 0.25) is 0 Å². The van der Waals surface area contributed by atoms with Gasteiger partial charge in [-0.1, -0.05) is 49.4 Å². The Morgan fingerprint density at radius 3 is 2.33 bits per heavy atom. The highest BCUT2D eigenvalue weighted by atomic mass is 16.1. The Balaban J connectivity index is 2.40. The van der Waals surface area contributed by atoms with Crippen molar-refractivity contribution < 1.29 is 4.79 Å². The average molecular weight is 200 g/mol. The fraction of sp³-hybridized carbons (Fsp3) is 0.357. The number of hydrogen-bond acceptors (Lipinski definition) is 1. The predicted octanol–water partition coefficient (Wildman–Crippen LogP) is 3.25. The van der Waals surface area contributed by atoms with Crippen LogP contribution in [-0.4, -0.2) is 5.78 Å². The normalized spacial score (nSPS) is 17.9. The molecule has 0 atom stereocenters. The molecule has 1 aromatic carbocycles. The third kappa shape index (κ3) is 1.63. The molecule has 0 radical (unpaired) electrons. The Morgan fingerprint density at radius 2 is 1.80 bits per heavy atom. The molecular weight excluding hydrogens is 184 g/mol. The molecule has 0 N–H and O–H groups in total. The van der Waals surface area contributed by atoms with Crippen molar-refractivity contribution in [3.8, 4) is 0 Å². The lowest BCUT2D eigenvalue weighted by Crippen LogP contribution is -2.32. The van der Waals surface area contributed by atoms with E-state index in [1.807, 2.05) is 25.1 Å². The Morgan fingerprint density at radius 1 is 1.20 bits per heavy atom. The number of ketones is 1. The van der Waals surface area contributed by atoms with E-state index < -0.39 is 0 Å². The van der Waals surface area contributed by atoms with Gasteiger partial charge in [0.05, 0.1) is 5.41 Å². The molecule has 0 spiro atoms. The summed E-state index contributed by atoms with van der Waals surface area (Å²) in [5.41, 5.74) is 0.914. The largest absolute Gasteiger partial charge is 0.299 e. The molecule has 0 aliphatic heterocycles. The maximum Gasteiger partial charge on any atom is 0.143 e. The van der Waals surface area contributed by atoms with Gasteiger partial charge in [-0.2, -0.15) is 0 Å². The third-order valence-electron chi connectivity index (χ3n) is 3.28. The van der Waals surface area contributed by atoms with Crippen LogP contribution < -0.4 is 0 Å². The molecule has 0 saturated heterocycles. The lowest BCUT2D eigenvalue weighted by molar-refractivity contribution is -0.124. The number of carbonyl (C=O) groups excluding carboxylic acids is 1. The van der Waals surface area contributed by atoms with Gasteiger partial charge in [-0.05, 0) is 18.4 Å². The number of hydrogen-bond donors (Lipinski definition) is 0. The van der Waals surface area contributed by atoms with Crippen LogP contribution in [0.4, 0.5) is 0 Å². The Bertz CT molecular complexity index is 368. The average Bonchev–Trinajstić information content (AvgIpc) is 2.79. The van der Waals surface area contributed by atoms with Gasteiger partial charge in [-0.15, -0.1) is 0 Å². The highest BCUT2D eigenvalue weighted by Crippen LogP contribution is 2.38. The molecule has 1 aliphatic rings. The number of carbonyl (C=O) groups is 1. The summed E-state index contributed by atoms with van der Waals surface area (Å²) in [5.74, 6) is 0.360. The summed E-state index contributed by atoms with van der Waals surface area (Å²) in [6.07, 6.45) is 6.60. The Kier molecular flexibility index (Phi) is 2.72. The predicted molar refractivity (Wildman–Crippen MR) is 61.8 cm³/mol. The van der Waals surface area contributed by atoms with Gasteiger partial charge in [0.15, 0.2) is 0 Å². The molecule has 0 fully saturated rings. The van der Waals surface area contributed by atoms with Crippen LogP contribution in [0, 0.1) is 0 Å². The first-order valence-corrected chi connectivity index (χ1v) is 5.53. The van der Waals surface area contributed by atoms with Gasteiger partial charge >= 0.3 is 0 Å². The van der Waals surface area contributed by atoms with Crippen molar-refractivity contribution in [2.75, 3.05) is 0 Å². The van der Waals surface area contributed by atoms with E-state index in [4.69, 9.17) is 0 Å². The van der Waals surface area contributed by atoms with Crippen molar-refractivity contribution in [1.29, 1.82) is 0 Å². The molecule has 0 bridgehead atoms. The van der Waals surface area contributed by atoms with E-state index in [1.54, 1.807) is 0 Å². The number of rotatable bonds is 3. The fourth-order valence-electron chi connectivity index (χ4n) is 2.37. The van der Waals surface area contributed by atoms with Crippen LogP contribution in [0.15, 0.2) is 42.5 Å². The van der Waals surface area contributed by atoms with Gasteiger partial charge in [-0.25, -0.2) is 0 Å². The zero-order valence-corrected chi connectivity index (χ0v) is 9.07. The molecule has 2 rings (SSSR count). The molecule has 0 unspecified atom stereocenters. The molecule has 1 aromatic rings. The molecule has 0 saturated carbocycles. The van der Waals surface area contributed by atoms with Gasteiger partial charge in [-0.3, -0.25) is 4.79 Å². The third-order valence-corrected chi connectivity index (χ3v) is 3.28. The minimum absolute atomic E-state index is 0.254. The van der Waals surface area contributed by atoms with Crippen LogP contribution in [-0.2, 0) is 10.2 Å². The van der Waals surface area contributed by atoms with E-state index in [2.05, 4.69) is 24.3 Å². The van der Waals surface area contributed by atoms with E-state index in [1.165, 1.54) is 5.56 Å². The Labute approximate surface area is 90.8 Å². The molecular formula is C14H16O. The maximum atomic E-state index is 12.1. The SMILES string of the molecule is CCC(=O)C1(c2ccccc2)CC=CC1. The van der Waals surface area contributed by atoms with Crippen molar-refractivity contribution in [2.45, 2.75) is 31.6 Å². The van der Waals surface area contributed by atoms with Gasteiger partial charge in [0.2, 0.25) is 0 Å². The van der Waals surface area contributed by atoms with Crippen molar-refractivity contribution in [1.82, 2.24) is 0 Å². The number of Topliss-reactive ketones (excluding diaryl/α,β-unsaturated/α-hetero) is 1. The summed E-state index contributed by atoms with van der Waals surface area (Å²) in [4.78, 5) is 12.1. The summed E-state index contributed by atoms with van der Waals surface area (Å²) in [6, 6.07) is 10.2. The highest BCUT2D eigenvalue weighted by molar-refractivity contribution is 5.90. The molecule has 1 aliphatic carbocycles. The van der Waals surface area contributed by atoms with Gasteiger partial charge < -0.3 is 0 Å². The van der Waals surface area contributed by atoms with Crippen LogP contribution in [0.1, 0.15) is 31.7 Å².